The smallest absolute Gasteiger partial charge is 0.0444 e. The van der Waals surface area contributed by atoms with Crippen LogP contribution >= 0.6 is 11.3 Å². The molecule has 1 aliphatic heterocycles. The Morgan fingerprint density at radius 2 is 2.00 bits per heavy atom. The van der Waals surface area contributed by atoms with Crippen molar-refractivity contribution in [1.29, 1.82) is 0 Å². The normalized spacial score (nSPS) is 13.9. The number of nitrogen functional groups attached to an aromatic ring is 1. The molecule has 0 spiro atoms. The molecule has 0 unspecified atom stereocenters. The van der Waals surface area contributed by atoms with E-state index in [4.69, 9.17) is 5.73 Å². The van der Waals surface area contributed by atoms with Crippen molar-refractivity contribution in [2.24, 2.45) is 0 Å². The van der Waals surface area contributed by atoms with Gasteiger partial charge >= 0.3 is 0 Å². The van der Waals surface area contributed by atoms with E-state index in [-0.39, 0.29) is 0 Å². The van der Waals surface area contributed by atoms with Crippen LogP contribution in [-0.4, -0.2) is 6.54 Å². The summed E-state index contributed by atoms with van der Waals surface area (Å²) in [5.41, 5.74) is 11.0. The van der Waals surface area contributed by atoms with Crippen molar-refractivity contribution in [2.75, 3.05) is 17.2 Å². The zero-order chi connectivity index (χ0) is 13.5. The van der Waals surface area contributed by atoms with Gasteiger partial charge in [0, 0.05) is 34.7 Å². The highest BCUT2D eigenvalue weighted by atomic mass is 32.1. The van der Waals surface area contributed by atoms with Crippen molar-refractivity contribution in [3.63, 3.8) is 0 Å². The van der Waals surface area contributed by atoms with Crippen LogP contribution in [0.25, 0.3) is 10.1 Å². The van der Waals surface area contributed by atoms with E-state index >= 15 is 0 Å². The van der Waals surface area contributed by atoms with Gasteiger partial charge in [0.05, 0.1) is 0 Å². The van der Waals surface area contributed by atoms with Crippen LogP contribution in [0.1, 0.15) is 11.1 Å². The molecule has 0 bridgehead atoms. The highest BCUT2D eigenvalue weighted by Gasteiger charge is 2.21. The van der Waals surface area contributed by atoms with Gasteiger partial charge < -0.3 is 10.6 Å². The van der Waals surface area contributed by atoms with E-state index < -0.39 is 0 Å². The minimum Gasteiger partial charge on any atom is -0.398 e. The molecular formula is C17H16N2S. The van der Waals surface area contributed by atoms with Crippen molar-refractivity contribution in [1.82, 2.24) is 0 Å². The van der Waals surface area contributed by atoms with E-state index in [1.165, 1.54) is 26.9 Å². The van der Waals surface area contributed by atoms with Crippen molar-refractivity contribution in [3.8, 4) is 0 Å². The van der Waals surface area contributed by atoms with Crippen LogP contribution in [0.5, 0.6) is 0 Å². The quantitative estimate of drug-likeness (QED) is 0.718. The van der Waals surface area contributed by atoms with Crippen LogP contribution in [0.3, 0.4) is 0 Å². The third kappa shape index (κ3) is 1.78. The first kappa shape index (κ1) is 11.8. The number of hydrogen-bond donors (Lipinski definition) is 1. The van der Waals surface area contributed by atoms with E-state index in [0.717, 1.165) is 25.2 Å². The molecule has 2 N–H and O–H groups in total. The minimum absolute atomic E-state index is 0.931. The molecule has 2 aromatic carbocycles. The molecule has 0 amide bonds. The predicted octanol–water partition coefficient (Wildman–Crippen LogP) is 4.05. The number of rotatable bonds is 2. The zero-order valence-electron chi connectivity index (χ0n) is 11.2. The lowest BCUT2D eigenvalue weighted by Crippen LogP contribution is -2.19. The average Bonchev–Trinajstić information content (AvgIpc) is 3.06. The van der Waals surface area contributed by atoms with Gasteiger partial charge in [-0.1, -0.05) is 24.3 Å². The van der Waals surface area contributed by atoms with Crippen LogP contribution in [0.2, 0.25) is 0 Å². The molecule has 0 aliphatic carbocycles. The van der Waals surface area contributed by atoms with Gasteiger partial charge in [0.25, 0.3) is 0 Å². The fourth-order valence-electron chi connectivity index (χ4n) is 3.05. The summed E-state index contributed by atoms with van der Waals surface area (Å²) in [6, 6.07) is 14.9. The SMILES string of the molecule is Nc1cccc2c1CCN2Cc1csc2ccccc12. The fourth-order valence-corrected chi connectivity index (χ4v) is 4.01. The third-order valence-electron chi connectivity index (χ3n) is 4.08. The molecule has 0 radical (unpaired) electrons. The Hall–Kier alpha value is -2.00. The number of nitrogens with two attached hydrogens (primary N) is 1. The van der Waals surface area contributed by atoms with Crippen LogP contribution in [0.4, 0.5) is 11.4 Å². The molecule has 20 heavy (non-hydrogen) atoms. The molecule has 2 heterocycles. The summed E-state index contributed by atoms with van der Waals surface area (Å²) in [5.74, 6) is 0. The lowest BCUT2D eigenvalue weighted by atomic mass is 10.1. The summed E-state index contributed by atoms with van der Waals surface area (Å²) in [6.07, 6.45) is 1.06. The molecular weight excluding hydrogens is 264 g/mol. The number of nitrogens with zero attached hydrogens (tertiary/aromatic N) is 1. The van der Waals surface area contributed by atoms with Crippen molar-refractivity contribution in [3.05, 3.63) is 59.0 Å². The number of benzene rings is 2. The maximum absolute atomic E-state index is 6.07. The van der Waals surface area contributed by atoms with Gasteiger partial charge in [0.1, 0.15) is 0 Å². The summed E-state index contributed by atoms with van der Waals surface area (Å²) in [7, 11) is 0. The van der Waals surface area contributed by atoms with Gasteiger partial charge in [-0.25, -0.2) is 0 Å². The Kier molecular flexibility index (Phi) is 2.67. The molecule has 1 aliphatic rings. The number of hydrogen-bond acceptors (Lipinski definition) is 3. The topological polar surface area (TPSA) is 29.3 Å². The maximum Gasteiger partial charge on any atom is 0.0444 e. The Morgan fingerprint density at radius 3 is 2.95 bits per heavy atom. The van der Waals surface area contributed by atoms with Gasteiger partial charge in [-0.3, -0.25) is 0 Å². The van der Waals surface area contributed by atoms with E-state index in [9.17, 15) is 0 Å². The molecule has 0 saturated heterocycles. The molecule has 0 atom stereocenters. The monoisotopic (exact) mass is 280 g/mol. The van der Waals surface area contributed by atoms with E-state index in [2.05, 4.69) is 46.7 Å². The first-order valence-corrected chi connectivity index (χ1v) is 7.78. The first-order chi connectivity index (χ1) is 9.83. The Balaban J connectivity index is 1.70. The van der Waals surface area contributed by atoms with Gasteiger partial charge in [-0.2, -0.15) is 0 Å². The number of fused-ring (bicyclic) bond motifs is 2. The van der Waals surface area contributed by atoms with Crippen molar-refractivity contribution >= 4 is 32.8 Å². The molecule has 3 aromatic rings. The van der Waals surface area contributed by atoms with Crippen LogP contribution in [0, 0.1) is 0 Å². The van der Waals surface area contributed by atoms with Gasteiger partial charge in [0.15, 0.2) is 0 Å². The summed E-state index contributed by atoms with van der Waals surface area (Å²) >= 11 is 1.83. The first-order valence-electron chi connectivity index (χ1n) is 6.90. The third-order valence-corrected chi connectivity index (χ3v) is 5.09. The summed E-state index contributed by atoms with van der Waals surface area (Å²) in [5, 5.41) is 3.67. The number of anilines is 2. The molecule has 0 fully saturated rings. The highest BCUT2D eigenvalue weighted by molar-refractivity contribution is 7.17. The van der Waals surface area contributed by atoms with E-state index in [1.807, 2.05) is 17.4 Å². The lowest BCUT2D eigenvalue weighted by molar-refractivity contribution is 0.842. The van der Waals surface area contributed by atoms with Gasteiger partial charge in [0.2, 0.25) is 0 Å². The second kappa shape index (κ2) is 4.53. The maximum atomic E-state index is 6.07. The summed E-state index contributed by atoms with van der Waals surface area (Å²) in [4.78, 5) is 2.44. The fraction of sp³-hybridized carbons (Fsp3) is 0.176. The Bertz CT molecular complexity index is 776. The largest absolute Gasteiger partial charge is 0.398 e. The summed E-state index contributed by atoms with van der Waals surface area (Å²) in [6.45, 7) is 2.04. The second-order valence-electron chi connectivity index (χ2n) is 5.27. The molecule has 4 rings (SSSR count). The highest BCUT2D eigenvalue weighted by Crippen LogP contribution is 2.35. The Morgan fingerprint density at radius 1 is 1.10 bits per heavy atom. The molecule has 3 heteroatoms. The number of thiophene rings is 1. The van der Waals surface area contributed by atoms with Crippen LogP contribution < -0.4 is 10.6 Å². The van der Waals surface area contributed by atoms with Gasteiger partial charge in [-0.15, -0.1) is 11.3 Å². The van der Waals surface area contributed by atoms with E-state index in [1.54, 1.807) is 0 Å². The van der Waals surface area contributed by atoms with Gasteiger partial charge in [-0.05, 0) is 40.9 Å². The van der Waals surface area contributed by atoms with Crippen LogP contribution in [0.15, 0.2) is 47.8 Å². The van der Waals surface area contributed by atoms with Crippen LogP contribution in [-0.2, 0) is 13.0 Å². The molecule has 1 aromatic heterocycles. The summed E-state index contributed by atoms with van der Waals surface area (Å²) < 4.78 is 1.37. The van der Waals surface area contributed by atoms with E-state index in [0.29, 0.717) is 0 Å². The standard InChI is InChI=1S/C17H16N2S/c18-15-5-3-6-16-14(15)8-9-19(16)10-12-11-20-17-7-2-1-4-13(12)17/h1-7,11H,8-10,18H2. The average molecular weight is 280 g/mol. The van der Waals surface area contributed by atoms with Crippen molar-refractivity contribution in [2.45, 2.75) is 13.0 Å². The zero-order valence-corrected chi connectivity index (χ0v) is 12.0. The Labute approximate surface area is 122 Å². The predicted molar refractivity (Wildman–Crippen MR) is 87.4 cm³/mol. The van der Waals surface area contributed by atoms with Crippen molar-refractivity contribution < 1.29 is 0 Å². The molecule has 100 valence electrons. The lowest BCUT2D eigenvalue weighted by Gasteiger charge is -2.19. The second-order valence-corrected chi connectivity index (χ2v) is 6.18. The molecule has 0 saturated carbocycles. The minimum atomic E-state index is 0.931. The molecule has 2 nitrogen and oxygen atoms in total.